The summed E-state index contributed by atoms with van der Waals surface area (Å²) in [6.45, 7) is 1.38. The Bertz CT molecular complexity index is 749. The van der Waals surface area contributed by atoms with Gasteiger partial charge in [0, 0.05) is 19.1 Å². The fourth-order valence-corrected chi connectivity index (χ4v) is 3.42. The van der Waals surface area contributed by atoms with Crippen LogP contribution >= 0.6 is 0 Å². The molecule has 1 saturated heterocycles. The van der Waals surface area contributed by atoms with Gasteiger partial charge in [-0.05, 0) is 12.8 Å². The van der Waals surface area contributed by atoms with Crippen molar-refractivity contribution in [1.29, 1.82) is 0 Å². The molecule has 0 radical (unpaired) electrons. The van der Waals surface area contributed by atoms with Crippen LogP contribution in [0, 0.1) is 0 Å². The molecular formula is C11H17N7O2S. The molecule has 3 rings (SSSR count). The van der Waals surface area contributed by atoms with Crippen molar-refractivity contribution in [1.82, 2.24) is 24.7 Å². The van der Waals surface area contributed by atoms with Crippen LogP contribution in [0.4, 0.5) is 11.8 Å². The van der Waals surface area contributed by atoms with E-state index in [1.54, 1.807) is 6.33 Å². The van der Waals surface area contributed by atoms with Crippen molar-refractivity contribution in [3.05, 3.63) is 6.33 Å². The average Bonchev–Trinajstić information content (AvgIpc) is 2.85. The zero-order chi connectivity index (χ0) is 15.0. The molecule has 1 aliphatic rings. The number of H-pyrrole nitrogens is 1. The molecule has 4 N–H and O–H groups in total. The van der Waals surface area contributed by atoms with Crippen molar-refractivity contribution in [3.63, 3.8) is 0 Å². The summed E-state index contributed by atoms with van der Waals surface area (Å²) in [6, 6.07) is -0.0345. The van der Waals surface area contributed by atoms with Crippen LogP contribution in [0.2, 0.25) is 0 Å². The van der Waals surface area contributed by atoms with E-state index in [-0.39, 0.29) is 12.0 Å². The van der Waals surface area contributed by atoms with E-state index in [0.29, 0.717) is 37.4 Å². The van der Waals surface area contributed by atoms with Gasteiger partial charge in [-0.1, -0.05) is 0 Å². The molecule has 0 bridgehead atoms. The molecule has 2 aromatic rings. The van der Waals surface area contributed by atoms with E-state index in [4.69, 9.17) is 5.73 Å². The van der Waals surface area contributed by atoms with E-state index >= 15 is 0 Å². The van der Waals surface area contributed by atoms with Crippen LogP contribution in [0.3, 0.4) is 0 Å². The fraction of sp³-hybridized carbons (Fsp3) is 0.545. The summed E-state index contributed by atoms with van der Waals surface area (Å²) in [5.74, 6) is 0.897. The number of nitrogens with two attached hydrogens (primary N) is 1. The molecule has 1 fully saturated rings. The van der Waals surface area contributed by atoms with Gasteiger partial charge in [-0.15, -0.1) is 0 Å². The number of rotatable bonds is 3. The van der Waals surface area contributed by atoms with E-state index in [9.17, 15) is 8.42 Å². The maximum Gasteiger partial charge on any atom is 0.224 e. The van der Waals surface area contributed by atoms with Crippen LogP contribution in [0.25, 0.3) is 11.2 Å². The maximum atomic E-state index is 11.3. The van der Waals surface area contributed by atoms with Gasteiger partial charge in [0.2, 0.25) is 16.0 Å². The zero-order valence-corrected chi connectivity index (χ0v) is 12.4. The van der Waals surface area contributed by atoms with Crippen LogP contribution in [0.5, 0.6) is 0 Å². The predicted octanol–water partition coefficient (Wildman–Crippen LogP) is -0.547. The third-order valence-electron chi connectivity index (χ3n) is 3.46. The Morgan fingerprint density at radius 1 is 1.38 bits per heavy atom. The first-order valence-corrected chi connectivity index (χ1v) is 8.50. The number of aromatic amines is 1. The molecule has 9 nitrogen and oxygen atoms in total. The minimum atomic E-state index is -3.17. The van der Waals surface area contributed by atoms with E-state index < -0.39 is 10.0 Å². The van der Waals surface area contributed by atoms with Crippen LogP contribution in [0.1, 0.15) is 12.8 Å². The van der Waals surface area contributed by atoms with E-state index in [1.165, 1.54) is 6.26 Å². The van der Waals surface area contributed by atoms with Gasteiger partial charge >= 0.3 is 0 Å². The second-order valence-electron chi connectivity index (χ2n) is 5.16. The van der Waals surface area contributed by atoms with Crippen molar-refractivity contribution < 1.29 is 8.42 Å². The molecule has 0 amide bonds. The second-order valence-corrected chi connectivity index (χ2v) is 6.94. The minimum Gasteiger partial charge on any atom is -0.368 e. The third kappa shape index (κ3) is 3.05. The molecule has 10 heteroatoms. The Labute approximate surface area is 122 Å². The topological polar surface area (TPSA) is 130 Å². The number of nitrogens with zero attached hydrogens (tertiary/aromatic N) is 4. The number of aromatic nitrogens is 4. The highest BCUT2D eigenvalue weighted by atomic mass is 32.2. The Balaban J connectivity index is 1.78. The molecule has 0 saturated carbocycles. The first-order valence-electron chi connectivity index (χ1n) is 6.61. The molecule has 3 heterocycles. The first kappa shape index (κ1) is 14.0. The third-order valence-corrected chi connectivity index (χ3v) is 4.22. The van der Waals surface area contributed by atoms with Gasteiger partial charge in [-0.2, -0.15) is 9.97 Å². The number of fused-ring (bicyclic) bond motifs is 1. The van der Waals surface area contributed by atoms with Gasteiger partial charge < -0.3 is 15.6 Å². The summed E-state index contributed by atoms with van der Waals surface area (Å²) in [4.78, 5) is 17.5. The summed E-state index contributed by atoms with van der Waals surface area (Å²) in [5.41, 5.74) is 6.99. The monoisotopic (exact) mass is 311 g/mol. The Hall–Kier alpha value is -1.94. The number of sulfonamides is 1. The molecule has 114 valence electrons. The summed E-state index contributed by atoms with van der Waals surface area (Å²) < 4.78 is 25.2. The highest BCUT2D eigenvalue weighted by Crippen LogP contribution is 2.25. The maximum absolute atomic E-state index is 11.3. The van der Waals surface area contributed by atoms with Gasteiger partial charge in [-0.25, -0.2) is 18.1 Å². The number of piperidine rings is 1. The van der Waals surface area contributed by atoms with Crippen LogP contribution in [-0.2, 0) is 10.0 Å². The number of nitrogens with one attached hydrogen (secondary N) is 2. The summed E-state index contributed by atoms with van der Waals surface area (Å²) in [5, 5.41) is 0. The highest BCUT2D eigenvalue weighted by molar-refractivity contribution is 7.88. The lowest BCUT2D eigenvalue weighted by Gasteiger charge is -2.32. The molecule has 0 aromatic carbocycles. The number of anilines is 2. The smallest absolute Gasteiger partial charge is 0.224 e. The Kier molecular flexibility index (Phi) is 3.41. The number of hydrogen-bond donors (Lipinski definition) is 3. The standard InChI is InChI=1S/C11H17N7O2S/c1-21(19,20)17-7-2-4-18(5-3-7)10-8-9(14-6-13-8)15-11(12)16-10/h6-7,17H,2-5H2,1H3,(H3,12,13,14,15,16). The molecule has 2 aromatic heterocycles. The number of hydrogen-bond acceptors (Lipinski definition) is 7. The van der Waals surface area contributed by atoms with Crippen molar-refractivity contribution in [3.8, 4) is 0 Å². The average molecular weight is 311 g/mol. The lowest BCUT2D eigenvalue weighted by molar-refractivity contribution is 0.460. The van der Waals surface area contributed by atoms with Crippen LogP contribution in [0.15, 0.2) is 6.33 Å². The summed E-state index contributed by atoms with van der Waals surface area (Å²) in [6.07, 6.45) is 4.16. The normalized spacial score (nSPS) is 17.5. The predicted molar refractivity (Wildman–Crippen MR) is 79.3 cm³/mol. The van der Waals surface area contributed by atoms with Crippen LogP contribution < -0.4 is 15.4 Å². The van der Waals surface area contributed by atoms with Crippen molar-refractivity contribution >= 4 is 33.0 Å². The fourth-order valence-electron chi connectivity index (χ4n) is 2.58. The molecule has 0 spiro atoms. The lowest BCUT2D eigenvalue weighted by Crippen LogP contribution is -2.44. The van der Waals surface area contributed by atoms with Gasteiger partial charge in [0.25, 0.3) is 0 Å². The van der Waals surface area contributed by atoms with Crippen LogP contribution in [-0.4, -0.2) is 53.7 Å². The summed E-state index contributed by atoms with van der Waals surface area (Å²) >= 11 is 0. The minimum absolute atomic E-state index is 0.0345. The zero-order valence-electron chi connectivity index (χ0n) is 11.6. The Morgan fingerprint density at radius 3 is 2.76 bits per heavy atom. The second kappa shape index (κ2) is 5.11. The van der Waals surface area contributed by atoms with Gasteiger partial charge in [0.05, 0.1) is 12.6 Å². The van der Waals surface area contributed by atoms with Crippen molar-refractivity contribution in [2.75, 3.05) is 30.0 Å². The molecule has 21 heavy (non-hydrogen) atoms. The Morgan fingerprint density at radius 2 is 2.10 bits per heavy atom. The van der Waals surface area contributed by atoms with E-state index in [1.807, 2.05) is 0 Å². The number of imidazole rings is 1. The van der Waals surface area contributed by atoms with Gasteiger partial charge in [0.15, 0.2) is 11.5 Å². The van der Waals surface area contributed by atoms with Gasteiger partial charge in [0.1, 0.15) is 5.52 Å². The highest BCUT2D eigenvalue weighted by Gasteiger charge is 2.24. The molecule has 1 aliphatic heterocycles. The molecule has 0 unspecified atom stereocenters. The SMILES string of the molecule is CS(=O)(=O)NC1CCN(c2nc(N)nc3nc[nH]c23)CC1. The van der Waals surface area contributed by atoms with Gasteiger partial charge in [-0.3, -0.25) is 0 Å². The summed E-state index contributed by atoms with van der Waals surface area (Å²) in [7, 11) is -3.17. The molecule has 0 aliphatic carbocycles. The van der Waals surface area contributed by atoms with E-state index in [0.717, 1.165) is 5.52 Å². The van der Waals surface area contributed by atoms with E-state index in [2.05, 4.69) is 29.6 Å². The number of nitrogen functional groups attached to an aromatic ring is 1. The molecule has 0 atom stereocenters. The lowest BCUT2D eigenvalue weighted by atomic mass is 10.1. The first-order chi connectivity index (χ1) is 9.92. The molecular weight excluding hydrogens is 294 g/mol. The van der Waals surface area contributed by atoms with Crippen molar-refractivity contribution in [2.45, 2.75) is 18.9 Å². The largest absolute Gasteiger partial charge is 0.368 e. The van der Waals surface area contributed by atoms with Crippen molar-refractivity contribution in [2.24, 2.45) is 0 Å². The quantitative estimate of drug-likeness (QED) is 0.693.